The highest BCUT2D eigenvalue weighted by Gasteiger charge is 2.06. The summed E-state index contributed by atoms with van der Waals surface area (Å²) in [6.07, 6.45) is 4.88. The summed E-state index contributed by atoms with van der Waals surface area (Å²) in [5.41, 5.74) is 1.01. The first-order chi connectivity index (χ1) is 6.68. The number of aromatic nitrogens is 3. The molecule has 0 bridgehead atoms. The van der Waals surface area contributed by atoms with Crippen LogP contribution in [0.1, 0.15) is 17.5 Å². The van der Waals surface area contributed by atoms with Gasteiger partial charge in [-0.3, -0.25) is 4.79 Å². The molecule has 0 aliphatic carbocycles. The van der Waals surface area contributed by atoms with E-state index in [1.807, 2.05) is 6.92 Å². The van der Waals surface area contributed by atoms with Crippen molar-refractivity contribution in [3.63, 3.8) is 0 Å². The number of ketones is 1. The standard InChI is InChI=1S/C9H9N3OS/c1-6(13)3-4-8-7(2)12-9(14-8)10-5-11-12/h3-5H,1-2H3/b4-3+. The molecule has 72 valence electrons. The van der Waals surface area contributed by atoms with Gasteiger partial charge in [0, 0.05) is 0 Å². The van der Waals surface area contributed by atoms with Crippen LogP contribution in [0, 0.1) is 6.92 Å². The van der Waals surface area contributed by atoms with Crippen LogP contribution in [0.15, 0.2) is 12.4 Å². The van der Waals surface area contributed by atoms with Crippen molar-refractivity contribution >= 4 is 28.2 Å². The summed E-state index contributed by atoms with van der Waals surface area (Å²) in [4.78, 5) is 16.7. The maximum atomic E-state index is 10.8. The third-order valence-corrected chi connectivity index (χ3v) is 2.97. The van der Waals surface area contributed by atoms with Crippen molar-refractivity contribution in [2.24, 2.45) is 0 Å². The molecule has 2 aromatic rings. The fourth-order valence-electron chi connectivity index (χ4n) is 1.15. The second kappa shape index (κ2) is 3.34. The monoisotopic (exact) mass is 207 g/mol. The van der Waals surface area contributed by atoms with Crippen LogP contribution in [-0.2, 0) is 4.79 Å². The second-order valence-electron chi connectivity index (χ2n) is 2.95. The van der Waals surface area contributed by atoms with E-state index in [-0.39, 0.29) is 5.78 Å². The molecule has 0 unspecified atom stereocenters. The Morgan fingerprint density at radius 2 is 2.43 bits per heavy atom. The van der Waals surface area contributed by atoms with E-state index in [1.54, 1.807) is 16.7 Å². The van der Waals surface area contributed by atoms with Gasteiger partial charge in [-0.2, -0.15) is 5.10 Å². The summed E-state index contributed by atoms with van der Waals surface area (Å²) in [7, 11) is 0. The Hall–Kier alpha value is -1.49. The first kappa shape index (κ1) is 9.08. The third-order valence-electron chi connectivity index (χ3n) is 1.86. The number of carbonyl (C=O) groups is 1. The number of aryl methyl sites for hydroxylation is 1. The van der Waals surface area contributed by atoms with Crippen molar-refractivity contribution in [2.45, 2.75) is 13.8 Å². The molecule has 5 heteroatoms. The van der Waals surface area contributed by atoms with Gasteiger partial charge in [-0.1, -0.05) is 11.3 Å². The maximum Gasteiger partial charge on any atom is 0.212 e. The normalized spacial score (nSPS) is 11.6. The molecule has 0 spiro atoms. The minimum atomic E-state index is 0.0448. The molecule has 0 amide bonds. The average molecular weight is 207 g/mol. The highest BCUT2D eigenvalue weighted by molar-refractivity contribution is 7.18. The Balaban J connectivity index is 2.47. The van der Waals surface area contributed by atoms with Crippen molar-refractivity contribution < 1.29 is 4.79 Å². The fourth-order valence-corrected chi connectivity index (χ4v) is 2.09. The smallest absolute Gasteiger partial charge is 0.212 e. The van der Waals surface area contributed by atoms with E-state index in [2.05, 4.69) is 10.1 Å². The molecule has 0 N–H and O–H groups in total. The topological polar surface area (TPSA) is 47.3 Å². The van der Waals surface area contributed by atoms with E-state index in [9.17, 15) is 4.79 Å². The van der Waals surface area contributed by atoms with Crippen LogP contribution in [-0.4, -0.2) is 20.4 Å². The molecule has 0 saturated heterocycles. The number of nitrogens with zero attached hydrogens (tertiary/aromatic N) is 3. The lowest BCUT2D eigenvalue weighted by Gasteiger charge is -1.88. The summed E-state index contributed by atoms with van der Waals surface area (Å²) in [5.74, 6) is 0.0448. The first-order valence-corrected chi connectivity index (χ1v) is 4.98. The maximum absolute atomic E-state index is 10.8. The first-order valence-electron chi connectivity index (χ1n) is 4.16. The molecule has 4 nitrogen and oxygen atoms in total. The molecule has 0 atom stereocenters. The van der Waals surface area contributed by atoms with Gasteiger partial charge in [0.25, 0.3) is 0 Å². The number of hydrogen-bond acceptors (Lipinski definition) is 4. The number of carbonyl (C=O) groups excluding carboxylic acids is 1. The minimum absolute atomic E-state index is 0.0448. The molecule has 0 saturated carbocycles. The van der Waals surface area contributed by atoms with Crippen LogP contribution in [0.25, 0.3) is 11.0 Å². The summed E-state index contributed by atoms with van der Waals surface area (Å²) >= 11 is 1.52. The molecular weight excluding hydrogens is 198 g/mol. The number of allylic oxidation sites excluding steroid dienone is 1. The lowest BCUT2D eigenvalue weighted by molar-refractivity contribution is -0.112. The van der Waals surface area contributed by atoms with Gasteiger partial charge < -0.3 is 0 Å². The van der Waals surface area contributed by atoms with Crippen molar-refractivity contribution in [1.82, 2.24) is 14.6 Å². The summed E-state index contributed by atoms with van der Waals surface area (Å²) in [6.45, 7) is 3.49. The average Bonchev–Trinajstić information content (AvgIpc) is 2.66. The number of hydrogen-bond donors (Lipinski definition) is 0. The molecule has 0 aliphatic heterocycles. The third kappa shape index (κ3) is 1.46. The van der Waals surface area contributed by atoms with Crippen LogP contribution in [0.3, 0.4) is 0 Å². The zero-order chi connectivity index (χ0) is 10.1. The quantitative estimate of drug-likeness (QED) is 0.704. The fraction of sp³-hybridized carbons (Fsp3) is 0.222. The van der Waals surface area contributed by atoms with Gasteiger partial charge in [-0.15, -0.1) is 0 Å². The Bertz CT molecular complexity index is 509. The zero-order valence-corrected chi connectivity index (χ0v) is 8.71. The number of fused-ring (bicyclic) bond motifs is 1. The van der Waals surface area contributed by atoms with Gasteiger partial charge >= 0.3 is 0 Å². The minimum Gasteiger partial charge on any atom is -0.295 e. The van der Waals surface area contributed by atoms with E-state index >= 15 is 0 Å². The van der Waals surface area contributed by atoms with E-state index in [4.69, 9.17) is 0 Å². The lowest BCUT2D eigenvalue weighted by atomic mass is 10.3. The van der Waals surface area contributed by atoms with E-state index in [0.717, 1.165) is 15.5 Å². The van der Waals surface area contributed by atoms with E-state index in [1.165, 1.54) is 24.6 Å². The van der Waals surface area contributed by atoms with Gasteiger partial charge in [-0.25, -0.2) is 9.50 Å². The Morgan fingerprint density at radius 1 is 1.64 bits per heavy atom. The molecule has 2 rings (SSSR count). The highest BCUT2D eigenvalue weighted by Crippen LogP contribution is 2.21. The molecular formula is C9H9N3OS. The molecule has 14 heavy (non-hydrogen) atoms. The lowest BCUT2D eigenvalue weighted by Crippen LogP contribution is -1.87. The van der Waals surface area contributed by atoms with E-state index < -0.39 is 0 Å². The second-order valence-corrected chi connectivity index (χ2v) is 3.96. The van der Waals surface area contributed by atoms with Crippen molar-refractivity contribution in [3.8, 4) is 0 Å². The zero-order valence-electron chi connectivity index (χ0n) is 7.89. The van der Waals surface area contributed by atoms with Crippen LogP contribution < -0.4 is 0 Å². The Labute approximate surface area is 84.9 Å². The van der Waals surface area contributed by atoms with Gasteiger partial charge in [0.1, 0.15) is 6.33 Å². The summed E-state index contributed by atoms with van der Waals surface area (Å²) in [5, 5.41) is 4.06. The van der Waals surface area contributed by atoms with Crippen LogP contribution in [0.4, 0.5) is 0 Å². The molecule has 2 heterocycles. The molecule has 0 aromatic carbocycles. The largest absolute Gasteiger partial charge is 0.295 e. The molecule has 2 aromatic heterocycles. The summed E-state index contributed by atoms with van der Waals surface area (Å²) in [6, 6.07) is 0. The van der Waals surface area contributed by atoms with Crippen LogP contribution >= 0.6 is 11.3 Å². The number of rotatable bonds is 2. The van der Waals surface area contributed by atoms with Gasteiger partial charge in [-0.05, 0) is 26.0 Å². The van der Waals surface area contributed by atoms with Crippen molar-refractivity contribution in [1.29, 1.82) is 0 Å². The Morgan fingerprint density at radius 3 is 3.07 bits per heavy atom. The predicted octanol–water partition coefficient (Wildman–Crippen LogP) is 1.70. The SMILES string of the molecule is CC(=O)/C=C/c1sc2ncnn2c1C. The van der Waals surface area contributed by atoms with Gasteiger partial charge in [0.15, 0.2) is 5.78 Å². The van der Waals surface area contributed by atoms with Crippen molar-refractivity contribution in [2.75, 3.05) is 0 Å². The molecule has 0 aliphatic rings. The highest BCUT2D eigenvalue weighted by atomic mass is 32.1. The Kier molecular flexibility index (Phi) is 2.17. The predicted molar refractivity (Wildman–Crippen MR) is 55.3 cm³/mol. The number of thiazole rings is 1. The van der Waals surface area contributed by atoms with E-state index in [0.29, 0.717) is 0 Å². The molecule has 0 radical (unpaired) electrons. The van der Waals surface area contributed by atoms with Crippen LogP contribution in [0.5, 0.6) is 0 Å². The van der Waals surface area contributed by atoms with Crippen LogP contribution in [0.2, 0.25) is 0 Å². The molecule has 0 fully saturated rings. The van der Waals surface area contributed by atoms with Crippen molar-refractivity contribution in [3.05, 3.63) is 23.0 Å². The van der Waals surface area contributed by atoms with Gasteiger partial charge in [0.2, 0.25) is 4.96 Å². The summed E-state index contributed by atoms with van der Waals surface area (Å²) < 4.78 is 1.77. The van der Waals surface area contributed by atoms with Gasteiger partial charge in [0.05, 0.1) is 10.6 Å².